The average Bonchev–Trinajstić information content (AvgIpc) is 2.43. The maximum Gasteiger partial charge on any atom is 0.306 e. The van der Waals surface area contributed by atoms with E-state index in [0.717, 1.165) is 12.0 Å². The molecule has 6 nitrogen and oxygen atoms in total. The first-order valence-electron chi connectivity index (χ1n) is 4.12. The molecule has 0 aliphatic carbocycles. The first-order chi connectivity index (χ1) is 7.04. The van der Waals surface area contributed by atoms with Crippen molar-refractivity contribution in [2.75, 3.05) is 6.26 Å². The van der Waals surface area contributed by atoms with Gasteiger partial charge in [0, 0.05) is 0 Å². The molecule has 1 N–H and O–H groups in total. The second-order valence-corrected chi connectivity index (χ2v) is 4.57. The van der Waals surface area contributed by atoms with Crippen molar-refractivity contribution < 1.29 is 12.6 Å². The van der Waals surface area contributed by atoms with Gasteiger partial charge in [-0.2, -0.15) is 13.5 Å². The molecule has 2 heterocycles. The molecule has 0 fully saturated rings. The number of fused-ring (bicyclic) bond motifs is 1. The smallest absolute Gasteiger partial charge is 0.306 e. The summed E-state index contributed by atoms with van der Waals surface area (Å²) in [7, 11) is -3.51. The van der Waals surface area contributed by atoms with Crippen molar-refractivity contribution in [2.24, 2.45) is 5.10 Å². The van der Waals surface area contributed by atoms with E-state index in [2.05, 4.69) is 10.6 Å². The monoisotopic (exact) mass is 227 g/mol. The Hall–Kier alpha value is -1.76. The molecule has 0 aromatic carbocycles. The minimum absolute atomic E-state index is 0.224. The highest BCUT2D eigenvalue weighted by Gasteiger charge is 2.14. The Labute approximate surface area is 87.3 Å². The zero-order valence-corrected chi connectivity index (χ0v) is 8.73. The Morgan fingerprint density at radius 2 is 2.33 bits per heavy atom. The molecule has 0 radical (unpaired) electrons. The second kappa shape index (κ2) is 3.43. The Morgan fingerprint density at radius 1 is 1.53 bits per heavy atom. The molecular formula is C8H9N3O3S. The molecule has 0 aromatic heterocycles. The van der Waals surface area contributed by atoms with Crippen LogP contribution in [0.5, 0.6) is 0 Å². The molecule has 80 valence electrons. The van der Waals surface area contributed by atoms with Gasteiger partial charge < -0.3 is 4.18 Å². The van der Waals surface area contributed by atoms with Crippen LogP contribution < -0.4 is 5.53 Å². The molecule has 0 saturated carbocycles. The molecule has 0 saturated heterocycles. The van der Waals surface area contributed by atoms with Crippen LogP contribution in [-0.2, 0) is 14.3 Å². The second-order valence-electron chi connectivity index (χ2n) is 3.00. The number of hydrogen-bond donors (Lipinski definition) is 1. The van der Waals surface area contributed by atoms with Gasteiger partial charge in [0.25, 0.3) is 0 Å². The van der Waals surface area contributed by atoms with E-state index in [1.807, 2.05) is 0 Å². The summed E-state index contributed by atoms with van der Waals surface area (Å²) >= 11 is 0. The Balaban J connectivity index is 2.23. The van der Waals surface area contributed by atoms with Gasteiger partial charge in [0.05, 0.1) is 24.4 Å². The lowest BCUT2D eigenvalue weighted by atomic mass is 10.4. The summed E-state index contributed by atoms with van der Waals surface area (Å²) in [6, 6.07) is 0. The summed E-state index contributed by atoms with van der Waals surface area (Å²) in [6.07, 6.45) is 9.13. The number of rotatable bonds is 2. The van der Waals surface area contributed by atoms with Gasteiger partial charge in [-0.1, -0.05) is 6.08 Å². The summed E-state index contributed by atoms with van der Waals surface area (Å²) in [5.41, 5.74) is 3.46. The van der Waals surface area contributed by atoms with Crippen LogP contribution in [0.2, 0.25) is 0 Å². The van der Waals surface area contributed by atoms with Crippen molar-refractivity contribution in [3.8, 4) is 0 Å². The molecule has 0 amide bonds. The van der Waals surface area contributed by atoms with Crippen LogP contribution in [0.15, 0.2) is 41.0 Å². The molecule has 7 heteroatoms. The minimum atomic E-state index is -3.51. The van der Waals surface area contributed by atoms with Crippen LogP contribution in [0.25, 0.3) is 0 Å². The Kier molecular flexibility index (Phi) is 2.24. The van der Waals surface area contributed by atoms with Crippen LogP contribution in [0.4, 0.5) is 0 Å². The van der Waals surface area contributed by atoms with Gasteiger partial charge in [0.2, 0.25) is 0 Å². The summed E-state index contributed by atoms with van der Waals surface area (Å²) < 4.78 is 26.6. The fourth-order valence-corrected chi connectivity index (χ4v) is 1.59. The average molecular weight is 227 g/mol. The van der Waals surface area contributed by atoms with Crippen LogP contribution in [0.3, 0.4) is 0 Å². The van der Waals surface area contributed by atoms with Crippen molar-refractivity contribution in [2.45, 2.75) is 0 Å². The highest BCUT2D eigenvalue weighted by molar-refractivity contribution is 7.86. The predicted octanol–water partition coefficient (Wildman–Crippen LogP) is 0.0637. The van der Waals surface area contributed by atoms with Crippen molar-refractivity contribution in [3.63, 3.8) is 0 Å². The van der Waals surface area contributed by atoms with Gasteiger partial charge in [-0.15, -0.1) is 0 Å². The van der Waals surface area contributed by atoms with Crippen LogP contribution in [0.1, 0.15) is 0 Å². The predicted molar refractivity (Wildman–Crippen MR) is 54.7 cm³/mol. The fraction of sp³-hybridized carbons (Fsp3) is 0.125. The molecule has 0 spiro atoms. The molecule has 2 rings (SSSR count). The molecule has 2 aliphatic rings. The Bertz CT molecular complexity index is 487. The molecule has 0 aromatic rings. The van der Waals surface area contributed by atoms with Gasteiger partial charge in [-0.25, -0.2) is 10.5 Å². The highest BCUT2D eigenvalue weighted by atomic mass is 32.2. The zero-order valence-electron chi connectivity index (χ0n) is 7.91. The van der Waals surface area contributed by atoms with Crippen molar-refractivity contribution in [1.82, 2.24) is 10.5 Å². The topological polar surface area (TPSA) is 71.0 Å². The number of hydrazone groups is 1. The summed E-state index contributed by atoms with van der Waals surface area (Å²) in [5, 5.41) is 5.36. The zero-order chi connectivity index (χ0) is 10.9. The number of hydrazine groups is 1. The maximum atomic E-state index is 10.9. The lowest BCUT2D eigenvalue weighted by Crippen LogP contribution is -2.23. The van der Waals surface area contributed by atoms with E-state index in [1.54, 1.807) is 29.5 Å². The van der Waals surface area contributed by atoms with E-state index < -0.39 is 10.1 Å². The van der Waals surface area contributed by atoms with Crippen LogP contribution >= 0.6 is 0 Å². The SMILES string of the molecule is CS(=O)(=O)OC1=CN2NN=CC2=CC=C1. The molecular weight excluding hydrogens is 218 g/mol. The third-order valence-corrected chi connectivity index (χ3v) is 2.17. The third-order valence-electron chi connectivity index (χ3n) is 1.67. The van der Waals surface area contributed by atoms with E-state index in [4.69, 9.17) is 4.18 Å². The number of allylic oxidation sites excluding steroid dienone is 4. The van der Waals surface area contributed by atoms with Gasteiger partial charge in [-0.05, 0) is 12.2 Å². The third kappa shape index (κ3) is 2.38. The quantitative estimate of drug-likeness (QED) is 0.676. The first kappa shape index (κ1) is 9.78. The summed E-state index contributed by atoms with van der Waals surface area (Å²) in [5.74, 6) is 0.224. The normalized spacial score (nSPS) is 18.9. The van der Waals surface area contributed by atoms with E-state index in [0.29, 0.717) is 0 Å². The van der Waals surface area contributed by atoms with E-state index in [9.17, 15) is 8.42 Å². The summed E-state index contributed by atoms with van der Waals surface area (Å²) in [6.45, 7) is 0. The van der Waals surface area contributed by atoms with Gasteiger partial charge in [-0.3, -0.25) is 0 Å². The molecule has 15 heavy (non-hydrogen) atoms. The maximum absolute atomic E-state index is 10.9. The largest absolute Gasteiger partial charge is 0.381 e. The molecule has 0 unspecified atom stereocenters. The molecule has 2 aliphatic heterocycles. The Morgan fingerprint density at radius 3 is 3.07 bits per heavy atom. The minimum Gasteiger partial charge on any atom is -0.381 e. The lowest BCUT2D eigenvalue weighted by molar-refractivity contribution is 0.359. The van der Waals surface area contributed by atoms with Gasteiger partial charge in [0.1, 0.15) is 0 Å². The number of nitrogens with one attached hydrogen (secondary N) is 1. The van der Waals surface area contributed by atoms with Crippen molar-refractivity contribution in [1.29, 1.82) is 0 Å². The molecule has 0 atom stereocenters. The van der Waals surface area contributed by atoms with E-state index >= 15 is 0 Å². The van der Waals surface area contributed by atoms with Crippen LogP contribution in [-0.4, -0.2) is 25.9 Å². The standard InChI is InChI=1S/C8H9N3O3S/c1-15(12,13)14-8-4-2-3-7-5-9-10-11(7)6-8/h2-6,10H,1H3. The number of hydrogen-bond acceptors (Lipinski definition) is 6. The number of nitrogens with zero attached hydrogens (tertiary/aromatic N) is 2. The van der Waals surface area contributed by atoms with Gasteiger partial charge in [0.15, 0.2) is 5.76 Å². The fourth-order valence-electron chi connectivity index (χ4n) is 1.14. The first-order valence-corrected chi connectivity index (χ1v) is 5.94. The van der Waals surface area contributed by atoms with E-state index in [1.165, 1.54) is 6.20 Å². The van der Waals surface area contributed by atoms with E-state index in [-0.39, 0.29) is 5.76 Å². The van der Waals surface area contributed by atoms with Gasteiger partial charge >= 0.3 is 10.1 Å². The lowest BCUT2D eigenvalue weighted by Gasteiger charge is -2.12. The van der Waals surface area contributed by atoms with Crippen molar-refractivity contribution in [3.05, 3.63) is 35.9 Å². The molecule has 0 bridgehead atoms. The van der Waals surface area contributed by atoms with Crippen molar-refractivity contribution >= 4 is 16.3 Å². The highest BCUT2D eigenvalue weighted by Crippen LogP contribution is 2.14. The summed E-state index contributed by atoms with van der Waals surface area (Å²) in [4.78, 5) is 0. The van der Waals surface area contributed by atoms with Crippen LogP contribution in [0, 0.1) is 0 Å².